The molecule has 1 aliphatic carbocycles. The van der Waals surface area contributed by atoms with Crippen LogP contribution in [0.3, 0.4) is 0 Å². The van der Waals surface area contributed by atoms with Crippen LogP contribution in [0, 0.1) is 11.8 Å². The van der Waals surface area contributed by atoms with Crippen LogP contribution in [0.25, 0.3) is 0 Å². The summed E-state index contributed by atoms with van der Waals surface area (Å²) in [5, 5.41) is 3.28. The molecule has 13 heavy (non-hydrogen) atoms. The molecule has 2 fully saturated rings. The molecule has 0 amide bonds. The summed E-state index contributed by atoms with van der Waals surface area (Å²) in [7, 11) is 0. The summed E-state index contributed by atoms with van der Waals surface area (Å²) in [5.74, 6) is 1.22. The summed E-state index contributed by atoms with van der Waals surface area (Å²) in [6, 6.07) is 0. The molecule has 0 aromatic heterocycles. The van der Waals surface area contributed by atoms with E-state index >= 15 is 0 Å². The molecule has 2 unspecified atom stereocenters. The fraction of sp³-hybridized carbons (Fsp3) is 1.00. The van der Waals surface area contributed by atoms with E-state index in [0.29, 0.717) is 5.92 Å². The Hall–Kier alpha value is -0.110. The van der Waals surface area contributed by atoms with Crippen LogP contribution in [0.2, 0.25) is 0 Å². The summed E-state index contributed by atoms with van der Waals surface area (Å²) < 4.78 is 13.6. The number of alkyl halides is 1. The molecule has 1 saturated carbocycles. The van der Waals surface area contributed by atoms with Crippen molar-refractivity contribution in [3.63, 3.8) is 0 Å². The third kappa shape index (κ3) is 2.43. The van der Waals surface area contributed by atoms with E-state index in [4.69, 9.17) is 0 Å². The average molecular weight is 185 g/mol. The maximum atomic E-state index is 13.6. The first-order valence-electron chi connectivity index (χ1n) is 5.71. The molecular formula is C11H20FN. The van der Waals surface area contributed by atoms with Crippen LogP contribution in [-0.2, 0) is 0 Å². The number of halogens is 1. The Bertz CT molecular complexity index is 156. The Morgan fingerprint density at radius 3 is 2.54 bits per heavy atom. The van der Waals surface area contributed by atoms with E-state index in [2.05, 4.69) is 5.32 Å². The number of nitrogens with one attached hydrogen (secondary N) is 1. The number of hydrogen-bond donors (Lipinski definition) is 1. The third-order valence-electron chi connectivity index (χ3n) is 3.66. The van der Waals surface area contributed by atoms with E-state index in [0.717, 1.165) is 38.3 Å². The Balaban J connectivity index is 1.79. The molecule has 0 bridgehead atoms. The fourth-order valence-corrected chi connectivity index (χ4v) is 2.49. The molecule has 0 spiro atoms. The number of hydrogen-bond acceptors (Lipinski definition) is 1. The molecule has 1 saturated heterocycles. The summed E-state index contributed by atoms with van der Waals surface area (Å²) >= 11 is 0. The van der Waals surface area contributed by atoms with Gasteiger partial charge >= 0.3 is 0 Å². The molecule has 76 valence electrons. The Morgan fingerprint density at radius 2 is 1.85 bits per heavy atom. The van der Waals surface area contributed by atoms with Crippen LogP contribution >= 0.6 is 0 Å². The topological polar surface area (TPSA) is 12.0 Å². The smallest absolute Gasteiger partial charge is 0.104 e. The zero-order valence-electron chi connectivity index (χ0n) is 8.27. The van der Waals surface area contributed by atoms with Crippen molar-refractivity contribution in [2.75, 3.05) is 13.1 Å². The quantitative estimate of drug-likeness (QED) is 0.697. The fourth-order valence-electron chi connectivity index (χ4n) is 2.49. The molecule has 1 heterocycles. The van der Waals surface area contributed by atoms with Crippen molar-refractivity contribution >= 4 is 0 Å². The van der Waals surface area contributed by atoms with E-state index in [1.807, 2.05) is 0 Å². The molecule has 2 atom stereocenters. The van der Waals surface area contributed by atoms with Crippen molar-refractivity contribution < 1.29 is 4.39 Å². The minimum atomic E-state index is -0.532. The molecule has 2 aliphatic rings. The first-order chi connectivity index (χ1) is 6.36. The van der Waals surface area contributed by atoms with Crippen molar-refractivity contribution in [3.8, 4) is 0 Å². The molecule has 2 heteroatoms. The zero-order chi connectivity index (χ0) is 9.10. The van der Waals surface area contributed by atoms with E-state index in [9.17, 15) is 4.39 Å². The second kappa shape index (κ2) is 4.41. The van der Waals surface area contributed by atoms with Gasteiger partial charge in [0.15, 0.2) is 0 Å². The zero-order valence-corrected chi connectivity index (χ0v) is 8.27. The van der Waals surface area contributed by atoms with Crippen molar-refractivity contribution in [2.45, 2.75) is 44.7 Å². The molecule has 0 radical (unpaired) electrons. The lowest BCUT2D eigenvalue weighted by Gasteiger charge is -2.30. The maximum Gasteiger partial charge on any atom is 0.104 e. The summed E-state index contributed by atoms with van der Waals surface area (Å²) in [4.78, 5) is 0. The lowest BCUT2D eigenvalue weighted by molar-refractivity contribution is 0.157. The van der Waals surface area contributed by atoms with E-state index < -0.39 is 6.17 Å². The second-order valence-electron chi connectivity index (χ2n) is 4.64. The average Bonchev–Trinajstić information content (AvgIpc) is 2.23. The van der Waals surface area contributed by atoms with Crippen molar-refractivity contribution in [3.05, 3.63) is 0 Å². The van der Waals surface area contributed by atoms with Gasteiger partial charge in [0.25, 0.3) is 0 Å². The first kappa shape index (κ1) is 9.45. The highest BCUT2D eigenvalue weighted by atomic mass is 19.1. The monoisotopic (exact) mass is 185 g/mol. The van der Waals surface area contributed by atoms with Crippen LogP contribution in [0.1, 0.15) is 38.5 Å². The Morgan fingerprint density at radius 1 is 1.08 bits per heavy atom. The maximum absolute atomic E-state index is 13.6. The summed E-state index contributed by atoms with van der Waals surface area (Å²) in [6.07, 6.45) is 6.51. The predicted molar refractivity (Wildman–Crippen MR) is 52.4 cm³/mol. The highest BCUT2D eigenvalue weighted by Gasteiger charge is 2.28. The summed E-state index contributed by atoms with van der Waals surface area (Å²) in [6.45, 7) is 1.90. The molecule has 2 rings (SSSR count). The molecule has 1 N–H and O–H groups in total. The van der Waals surface area contributed by atoms with Crippen LogP contribution in [-0.4, -0.2) is 19.3 Å². The molecule has 0 aromatic carbocycles. The van der Waals surface area contributed by atoms with Gasteiger partial charge in [-0.1, -0.05) is 19.3 Å². The normalized spacial score (nSPS) is 36.7. The molecule has 1 nitrogen and oxygen atoms in total. The lowest BCUT2D eigenvalue weighted by atomic mass is 9.77. The Kier molecular flexibility index (Phi) is 3.20. The van der Waals surface area contributed by atoms with E-state index in [1.165, 1.54) is 19.3 Å². The SMILES string of the molecule is FC1CCNCCC1CC1CCC1. The van der Waals surface area contributed by atoms with Gasteiger partial charge in [-0.15, -0.1) is 0 Å². The number of rotatable bonds is 2. The highest BCUT2D eigenvalue weighted by molar-refractivity contribution is 4.80. The standard InChI is InChI=1S/C11H20FN/c12-11-5-7-13-6-4-10(11)8-9-2-1-3-9/h9-11,13H,1-8H2. The van der Waals surface area contributed by atoms with Gasteiger partial charge in [0.05, 0.1) is 0 Å². The highest BCUT2D eigenvalue weighted by Crippen LogP contribution is 2.35. The molecule has 1 aliphatic heterocycles. The lowest BCUT2D eigenvalue weighted by Crippen LogP contribution is -2.22. The van der Waals surface area contributed by atoms with Crippen molar-refractivity contribution in [1.82, 2.24) is 5.32 Å². The second-order valence-corrected chi connectivity index (χ2v) is 4.64. The van der Waals surface area contributed by atoms with E-state index in [-0.39, 0.29) is 0 Å². The predicted octanol–water partition coefficient (Wildman–Crippen LogP) is 2.51. The van der Waals surface area contributed by atoms with Crippen LogP contribution in [0.4, 0.5) is 4.39 Å². The minimum absolute atomic E-state index is 0.361. The van der Waals surface area contributed by atoms with Gasteiger partial charge in [-0.3, -0.25) is 0 Å². The van der Waals surface area contributed by atoms with Crippen LogP contribution in [0.5, 0.6) is 0 Å². The van der Waals surface area contributed by atoms with E-state index in [1.54, 1.807) is 0 Å². The van der Waals surface area contributed by atoms with Crippen LogP contribution in [0.15, 0.2) is 0 Å². The third-order valence-corrected chi connectivity index (χ3v) is 3.66. The minimum Gasteiger partial charge on any atom is -0.317 e. The largest absolute Gasteiger partial charge is 0.317 e. The van der Waals surface area contributed by atoms with Gasteiger partial charge in [0.2, 0.25) is 0 Å². The van der Waals surface area contributed by atoms with Crippen LogP contribution < -0.4 is 5.32 Å². The van der Waals surface area contributed by atoms with Gasteiger partial charge in [0.1, 0.15) is 6.17 Å². The molecule has 0 aromatic rings. The molecular weight excluding hydrogens is 165 g/mol. The first-order valence-corrected chi connectivity index (χ1v) is 5.71. The van der Waals surface area contributed by atoms with Gasteiger partial charge < -0.3 is 5.32 Å². The van der Waals surface area contributed by atoms with Gasteiger partial charge in [0, 0.05) is 0 Å². The van der Waals surface area contributed by atoms with Gasteiger partial charge in [-0.2, -0.15) is 0 Å². The van der Waals surface area contributed by atoms with Crippen molar-refractivity contribution in [2.24, 2.45) is 11.8 Å². The Labute approximate surface area is 80.1 Å². The van der Waals surface area contributed by atoms with Gasteiger partial charge in [-0.05, 0) is 44.2 Å². The van der Waals surface area contributed by atoms with Crippen molar-refractivity contribution in [1.29, 1.82) is 0 Å². The summed E-state index contributed by atoms with van der Waals surface area (Å²) in [5.41, 5.74) is 0. The van der Waals surface area contributed by atoms with Gasteiger partial charge in [-0.25, -0.2) is 4.39 Å².